The van der Waals surface area contributed by atoms with E-state index in [1.807, 2.05) is 0 Å². The maximum Gasteiger partial charge on any atom is 0.234 e. The summed E-state index contributed by atoms with van der Waals surface area (Å²) in [5, 5.41) is 14.7. The monoisotopic (exact) mass is 356 g/mol. The summed E-state index contributed by atoms with van der Waals surface area (Å²) >= 11 is 13.4. The lowest BCUT2D eigenvalue weighted by Gasteiger charge is -2.13. The zero-order chi connectivity index (χ0) is 15.9. The van der Waals surface area contributed by atoms with Crippen LogP contribution in [0.4, 0.5) is 0 Å². The molecule has 0 aliphatic heterocycles. The number of hydrogen-bond donors (Lipinski definition) is 0. The van der Waals surface area contributed by atoms with Crippen LogP contribution in [0.3, 0.4) is 0 Å². The fourth-order valence-electron chi connectivity index (χ4n) is 1.91. The van der Waals surface area contributed by atoms with E-state index in [2.05, 4.69) is 36.1 Å². The summed E-state index contributed by atoms with van der Waals surface area (Å²) in [6, 6.07) is 5.12. The third-order valence-electron chi connectivity index (χ3n) is 2.95. The molecule has 0 aliphatic rings. The molecule has 0 saturated carbocycles. The van der Waals surface area contributed by atoms with Crippen molar-refractivity contribution in [3.63, 3.8) is 0 Å². The Balaban J connectivity index is 1.81. The number of rotatable bonds is 3. The van der Waals surface area contributed by atoms with Crippen LogP contribution in [0.25, 0.3) is 4.96 Å². The van der Waals surface area contributed by atoms with Crippen LogP contribution in [0.2, 0.25) is 10.0 Å². The maximum absolute atomic E-state index is 6.08. The molecule has 2 aromatic heterocycles. The molecule has 0 aliphatic carbocycles. The highest BCUT2D eigenvalue weighted by molar-refractivity contribution is 7.16. The molecule has 0 radical (unpaired) electrons. The molecule has 2 heterocycles. The van der Waals surface area contributed by atoms with Gasteiger partial charge in [-0.05, 0) is 18.2 Å². The summed E-state index contributed by atoms with van der Waals surface area (Å²) in [6.07, 6.45) is 0. The molecule has 0 atom stereocenters. The van der Waals surface area contributed by atoms with Gasteiger partial charge < -0.3 is 4.74 Å². The highest BCUT2D eigenvalue weighted by Gasteiger charge is 2.23. The normalized spacial score (nSPS) is 12.0. The Morgan fingerprint density at radius 2 is 2.00 bits per heavy atom. The van der Waals surface area contributed by atoms with E-state index >= 15 is 0 Å². The number of hydrogen-bond acceptors (Lipinski definition) is 5. The van der Waals surface area contributed by atoms with Gasteiger partial charge in [-0.2, -0.15) is 9.61 Å². The smallest absolute Gasteiger partial charge is 0.234 e. The largest absolute Gasteiger partial charge is 0.485 e. The van der Waals surface area contributed by atoms with Gasteiger partial charge in [0.1, 0.15) is 12.4 Å². The van der Waals surface area contributed by atoms with E-state index in [9.17, 15) is 0 Å². The summed E-state index contributed by atoms with van der Waals surface area (Å²) in [6.45, 7) is 6.55. The quantitative estimate of drug-likeness (QED) is 0.699. The predicted molar refractivity (Wildman–Crippen MR) is 88.2 cm³/mol. The molecule has 5 nitrogen and oxygen atoms in total. The molecule has 3 aromatic rings. The molecular weight excluding hydrogens is 343 g/mol. The van der Waals surface area contributed by atoms with Gasteiger partial charge in [-0.3, -0.25) is 0 Å². The second-order valence-electron chi connectivity index (χ2n) is 5.83. The lowest BCUT2D eigenvalue weighted by atomic mass is 9.96. The zero-order valence-corrected chi connectivity index (χ0v) is 14.6. The first kappa shape index (κ1) is 15.5. The Hall–Kier alpha value is -1.37. The zero-order valence-electron chi connectivity index (χ0n) is 12.3. The average Bonchev–Trinajstić information content (AvgIpc) is 2.95. The molecule has 1 aromatic carbocycles. The minimum atomic E-state index is -0.120. The van der Waals surface area contributed by atoms with E-state index in [4.69, 9.17) is 27.9 Å². The second-order valence-corrected chi connectivity index (χ2v) is 7.71. The van der Waals surface area contributed by atoms with Gasteiger partial charge in [0.05, 0.1) is 5.02 Å². The van der Waals surface area contributed by atoms with Crippen molar-refractivity contribution in [2.24, 2.45) is 0 Å². The van der Waals surface area contributed by atoms with Gasteiger partial charge >= 0.3 is 0 Å². The minimum absolute atomic E-state index is 0.120. The van der Waals surface area contributed by atoms with E-state index in [1.54, 1.807) is 22.7 Å². The molecule has 0 unspecified atom stereocenters. The summed E-state index contributed by atoms with van der Waals surface area (Å²) in [7, 11) is 0. The molecule has 22 heavy (non-hydrogen) atoms. The predicted octanol–water partition coefficient (Wildman–Crippen LogP) is 4.37. The lowest BCUT2D eigenvalue weighted by Crippen LogP contribution is -2.16. The topological polar surface area (TPSA) is 52.3 Å². The Morgan fingerprint density at radius 1 is 1.23 bits per heavy atom. The average molecular weight is 357 g/mol. The Kier molecular flexibility index (Phi) is 4.01. The molecule has 0 amide bonds. The molecule has 8 heteroatoms. The van der Waals surface area contributed by atoms with Crippen molar-refractivity contribution in [2.45, 2.75) is 32.8 Å². The van der Waals surface area contributed by atoms with E-state index in [1.165, 1.54) is 11.3 Å². The summed E-state index contributed by atoms with van der Waals surface area (Å²) in [5.74, 6) is 1.41. The summed E-state index contributed by atoms with van der Waals surface area (Å²) in [4.78, 5) is 0.755. The van der Waals surface area contributed by atoms with E-state index in [0.29, 0.717) is 22.4 Å². The van der Waals surface area contributed by atoms with E-state index in [0.717, 1.165) is 15.8 Å². The van der Waals surface area contributed by atoms with Gasteiger partial charge in [0.2, 0.25) is 4.96 Å². The molecule has 3 rings (SSSR count). The molecule has 116 valence electrons. The number of ether oxygens (including phenoxy) is 1. The first-order valence-electron chi connectivity index (χ1n) is 6.64. The van der Waals surface area contributed by atoms with Crippen LogP contribution in [0, 0.1) is 0 Å². The van der Waals surface area contributed by atoms with Gasteiger partial charge in [0.25, 0.3) is 0 Å². The Bertz CT molecular complexity index is 822. The van der Waals surface area contributed by atoms with Crippen LogP contribution in [-0.2, 0) is 12.0 Å². The van der Waals surface area contributed by atoms with Crippen LogP contribution in [0.1, 0.15) is 31.6 Å². The third kappa shape index (κ3) is 3.04. The second kappa shape index (κ2) is 5.68. The van der Waals surface area contributed by atoms with Gasteiger partial charge in [0.15, 0.2) is 10.8 Å². The first-order chi connectivity index (χ1) is 10.3. The fraction of sp³-hybridized carbons (Fsp3) is 0.357. The minimum Gasteiger partial charge on any atom is -0.485 e. The number of fused-ring (bicyclic) bond motifs is 1. The molecule has 0 N–H and O–H groups in total. The van der Waals surface area contributed by atoms with Crippen LogP contribution in [0.5, 0.6) is 5.75 Å². The van der Waals surface area contributed by atoms with Gasteiger partial charge in [-0.25, -0.2) is 0 Å². The van der Waals surface area contributed by atoms with Gasteiger partial charge in [-0.15, -0.1) is 10.2 Å². The number of halogens is 2. The van der Waals surface area contributed by atoms with Crippen molar-refractivity contribution < 1.29 is 4.74 Å². The van der Waals surface area contributed by atoms with Crippen molar-refractivity contribution in [3.8, 4) is 5.75 Å². The van der Waals surface area contributed by atoms with Crippen molar-refractivity contribution in [1.82, 2.24) is 19.8 Å². The van der Waals surface area contributed by atoms with E-state index in [-0.39, 0.29) is 5.41 Å². The lowest BCUT2D eigenvalue weighted by molar-refractivity contribution is 0.304. The SMILES string of the molecule is CC(C)(C)c1nnc2sc(COc3ccc(Cl)cc3Cl)nn12. The van der Waals surface area contributed by atoms with Crippen LogP contribution in [0.15, 0.2) is 18.2 Å². The number of benzene rings is 1. The molecule has 0 spiro atoms. The van der Waals surface area contributed by atoms with Crippen molar-refractivity contribution in [1.29, 1.82) is 0 Å². The molecule has 0 saturated heterocycles. The van der Waals surface area contributed by atoms with Crippen LogP contribution in [-0.4, -0.2) is 19.8 Å². The summed E-state index contributed by atoms with van der Waals surface area (Å²) < 4.78 is 7.47. The number of nitrogens with zero attached hydrogens (tertiary/aromatic N) is 4. The van der Waals surface area contributed by atoms with Crippen LogP contribution < -0.4 is 4.74 Å². The van der Waals surface area contributed by atoms with Crippen molar-refractivity contribution in [3.05, 3.63) is 39.1 Å². The first-order valence-corrected chi connectivity index (χ1v) is 8.21. The Labute approximate surface area is 141 Å². The molecule has 0 fully saturated rings. The van der Waals surface area contributed by atoms with E-state index < -0.39 is 0 Å². The Morgan fingerprint density at radius 3 is 2.68 bits per heavy atom. The van der Waals surface area contributed by atoms with Crippen molar-refractivity contribution in [2.75, 3.05) is 0 Å². The third-order valence-corrected chi connectivity index (χ3v) is 4.35. The highest BCUT2D eigenvalue weighted by atomic mass is 35.5. The molecule has 0 bridgehead atoms. The highest BCUT2D eigenvalue weighted by Crippen LogP contribution is 2.29. The van der Waals surface area contributed by atoms with Crippen LogP contribution >= 0.6 is 34.5 Å². The van der Waals surface area contributed by atoms with Crippen molar-refractivity contribution >= 4 is 39.5 Å². The molecular formula is C14H14Cl2N4OS. The van der Waals surface area contributed by atoms with Gasteiger partial charge in [-0.1, -0.05) is 55.3 Å². The fourth-order valence-corrected chi connectivity index (χ4v) is 3.12. The summed E-state index contributed by atoms with van der Waals surface area (Å²) in [5.41, 5.74) is -0.120. The maximum atomic E-state index is 6.08. The van der Waals surface area contributed by atoms with Gasteiger partial charge in [0, 0.05) is 10.4 Å². The standard InChI is InChI=1S/C14H14Cl2N4OS/c1-14(2,3)12-17-18-13-20(12)19-11(22-13)7-21-10-5-4-8(15)6-9(10)16/h4-6H,7H2,1-3H3. The number of aromatic nitrogens is 4.